The average Bonchev–Trinajstić information content (AvgIpc) is 2.99. The van der Waals surface area contributed by atoms with Gasteiger partial charge in [0.05, 0.1) is 20.1 Å². The monoisotopic (exact) mass is 373 g/mol. The highest BCUT2D eigenvalue weighted by molar-refractivity contribution is 6.08. The molecule has 3 atom stereocenters. The summed E-state index contributed by atoms with van der Waals surface area (Å²) in [6.45, 7) is 2.83. The lowest BCUT2D eigenvalue weighted by molar-refractivity contribution is -0.173. The lowest BCUT2D eigenvalue weighted by atomic mass is 9.70. The summed E-state index contributed by atoms with van der Waals surface area (Å²) in [4.78, 5) is 40.5. The zero-order valence-corrected chi connectivity index (χ0v) is 16.0. The highest BCUT2D eigenvalue weighted by Gasteiger charge is 2.62. The van der Waals surface area contributed by atoms with Crippen LogP contribution in [0.25, 0.3) is 0 Å². The largest absolute Gasteiger partial charge is 0.468 e. The fraction of sp³-hybridized carbons (Fsp3) is 0.571. The van der Waals surface area contributed by atoms with E-state index >= 15 is 0 Å². The van der Waals surface area contributed by atoms with E-state index in [0.717, 1.165) is 12.0 Å². The molecule has 1 aromatic rings. The van der Waals surface area contributed by atoms with Gasteiger partial charge in [-0.3, -0.25) is 19.3 Å². The molecule has 0 aromatic heterocycles. The summed E-state index contributed by atoms with van der Waals surface area (Å²) in [7, 11) is 1.28. The predicted molar refractivity (Wildman–Crippen MR) is 98.7 cm³/mol. The minimum Gasteiger partial charge on any atom is -0.468 e. The van der Waals surface area contributed by atoms with Gasteiger partial charge >= 0.3 is 11.9 Å². The molecule has 146 valence electrons. The number of rotatable bonds is 7. The standard InChI is InChI=1S/C21H27NO5/c1-3-11-27-19(24)13-21(20(25)26-2)17-10-9-16(12-18(21)23)22(17)14-15-7-5-4-6-8-15/h4-8,16-17H,3,9-14H2,1-2H3/t16-,17-,21+/m1/s1. The summed E-state index contributed by atoms with van der Waals surface area (Å²) in [6.07, 6.45) is 2.24. The van der Waals surface area contributed by atoms with Crippen LogP contribution < -0.4 is 0 Å². The molecule has 0 saturated carbocycles. The maximum atomic E-state index is 13.0. The third-order valence-corrected chi connectivity index (χ3v) is 5.78. The van der Waals surface area contributed by atoms with Crippen molar-refractivity contribution >= 4 is 17.7 Å². The predicted octanol–water partition coefficient (Wildman–Crippen LogP) is 2.50. The van der Waals surface area contributed by atoms with Crippen LogP contribution in [0.4, 0.5) is 0 Å². The Morgan fingerprint density at radius 1 is 1.22 bits per heavy atom. The van der Waals surface area contributed by atoms with E-state index < -0.39 is 17.4 Å². The van der Waals surface area contributed by atoms with Gasteiger partial charge in [0.2, 0.25) is 0 Å². The second-order valence-corrected chi connectivity index (χ2v) is 7.39. The first kappa shape index (κ1) is 19.5. The number of ketones is 1. The Morgan fingerprint density at radius 2 is 1.96 bits per heavy atom. The van der Waals surface area contributed by atoms with E-state index in [1.54, 1.807) is 0 Å². The maximum absolute atomic E-state index is 13.0. The molecule has 0 unspecified atom stereocenters. The first-order chi connectivity index (χ1) is 13.0. The Kier molecular flexibility index (Phi) is 5.95. The fourth-order valence-electron chi connectivity index (χ4n) is 4.52. The van der Waals surface area contributed by atoms with Gasteiger partial charge in [-0.25, -0.2) is 0 Å². The van der Waals surface area contributed by atoms with Gasteiger partial charge in [0.1, 0.15) is 0 Å². The molecule has 2 aliphatic heterocycles. The second-order valence-electron chi connectivity index (χ2n) is 7.39. The number of carbonyl (C=O) groups is 3. The van der Waals surface area contributed by atoms with Crippen LogP contribution in [0.2, 0.25) is 0 Å². The number of nitrogens with zero attached hydrogens (tertiary/aromatic N) is 1. The Balaban J connectivity index is 1.91. The molecule has 0 amide bonds. The van der Waals surface area contributed by atoms with Crippen LogP contribution in [0.3, 0.4) is 0 Å². The van der Waals surface area contributed by atoms with E-state index in [9.17, 15) is 14.4 Å². The van der Waals surface area contributed by atoms with Crippen molar-refractivity contribution in [3.8, 4) is 0 Å². The van der Waals surface area contributed by atoms with E-state index in [1.807, 2.05) is 37.3 Å². The van der Waals surface area contributed by atoms with Gasteiger partial charge in [-0.2, -0.15) is 0 Å². The van der Waals surface area contributed by atoms with Gasteiger partial charge in [-0.1, -0.05) is 37.3 Å². The van der Waals surface area contributed by atoms with Gasteiger partial charge < -0.3 is 9.47 Å². The number of hydrogen-bond acceptors (Lipinski definition) is 6. The smallest absolute Gasteiger partial charge is 0.321 e. The fourth-order valence-corrected chi connectivity index (χ4v) is 4.52. The van der Waals surface area contributed by atoms with Crippen molar-refractivity contribution in [3.63, 3.8) is 0 Å². The third kappa shape index (κ3) is 3.63. The molecular weight excluding hydrogens is 346 g/mol. The molecule has 2 bridgehead atoms. The molecule has 0 N–H and O–H groups in total. The average molecular weight is 373 g/mol. The van der Waals surface area contributed by atoms with Crippen LogP contribution in [-0.2, 0) is 30.4 Å². The summed E-state index contributed by atoms with van der Waals surface area (Å²) >= 11 is 0. The van der Waals surface area contributed by atoms with E-state index in [1.165, 1.54) is 7.11 Å². The molecule has 6 heteroatoms. The number of esters is 2. The molecule has 0 radical (unpaired) electrons. The van der Waals surface area contributed by atoms with Crippen molar-refractivity contribution in [2.24, 2.45) is 5.41 Å². The molecular formula is C21H27NO5. The Bertz CT molecular complexity index is 704. The third-order valence-electron chi connectivity index (χ3n) is 5.78. The number of benzene rings is 1. The first-order valence-electron chi connectivity index (χ1n) is 9.60. The number of carbonyl (C=O) groups excluding carboxylic acids is 3. The van der Waals surface area contributed by atoms with E-state index in [2.05, 4.69) is 4.90 Å². The number of fused-ring (bicyclic) bond motifs is 2. The molecule has 0 spiro atoms. The molecule has 2 saturated heterocycles. The lowest BCUT2D eigenvalue weighted by Gasteiger charge is -2.45. The van der Waals surface area contributed by atoms with Gasteiger partial charge in [0.25, 0.3) is 0 Å². The van der Waals surface area contributed by atoms with Crippen LogP contribution in [0, 0.1) is 5.41 Å². The van der Waals surface area contributed by atoms with Crippen LogP contribution >= 0.6 is 0 Å². The van der Waals surface area contributed by atoms with Crippen LogP contribution in [0.5, 0.6) is 0 Å². The number of piperidine rings is 1. The van der Waals surface area contributed by atoms with Crippen molar-refractivity contribution in [2.75, 3.05) is 13.7 Å². The summed E-state index contributed by atoms with van der Waals surface area (Å²) in [5, 5.41) is 0. The zero-order valence-electron chi connectivity index (χ0n) is 16.0. The minimum atomic E-state index is -1.47. The number of Topliss-reactive ketones (excluding diaryl/α,β-unsaturated/α-hetero) is 1. The molecule has 6 nitrogen and oxygen atoms in total. The van der Waals surface area contributed by atoms with Gasteiger partial charge in [-0.05, 0) is 24.8 Å². The topological polar surface area (TPSA) is 72.9 Å². The second kappa shape index (κ2) is 8.21. The summed E-state index contributed by atoms with van der Waals surface area (Å²) in [5.74, 6) is -1.33. The lowest BCUT2D eigenvalue weighted by Crippen LogP contribution is -2.61. The maximum Gasteiger partial charge on any atom is 0.321 e. The SMILES string of the molecule is CCCOC(=O)C[C@@]1(C(=O)OC)C(=O)C[C@H]2CC[C@H]1N2Cc1ccccc1. The van der Waals surface area contributed by atoms with Gasteiger partial charge in [0.15, 0.2) is 11.2 Å². The zero-order chi connectivity index (χ0) is 19.4. The molecule has 27 heavy (non-hydrogen) atoms. The van der Waals surface area contributed by atoms with Crippen molar-refractivity contribution in [2.45, 2.75) is 57.7 Å². The Labute approximate surface area is 159 Å². The highest BCUT2D eigenvalue weighted by atomic mass is 16.5. The van der Waals surface area contributed by atoms with Gasteiger partial charge in [-0.15, -0.1) is 0 Å². The quantitative estimate of drug-likeness (QED) is 0.540. The Morgan fingerprint density at radius 3 is 2.63 bits per heavy atom. The minimum absolute atomic E-state index is 0.104. The summed E-state index contributed by atoms with van der Waals surface area (Å²) in [6, 6.07) is 9.73. The normalized spacial score (nSPS) is 27.4. The summed E-state index contributed by atoms with van der Waals surface area (Å²) < 4.78 is 10.2. The first-order valence-corrected chi connectivity index (χ1v) is 9.60. The molecule has 2 heterocycles. The van der Waals surface area contributed by atoms with Crippen LogP contribution in [0.1, 0.15) is 44.6 Å². The van der Waals surface area contributed by atoms with Crippen LogP contribution in [0.15, 0.2) is 30.3 Å². The number of ether oxygens (including phenoxy) is 2. The van der Waals surface area contributed by atoms with E-state index in [-0.39, 0.29) is 37.3 Å². The van der Waals surface area contributed by atoms with Crippen molar-refractivity contribution in [3.05, 3.63) is 35.9 Å². The summed E-state index contributed by atoms with van der Waals surface area (Å²) in [5.41, 5.74) is -0.350. The van der Waals surface area contributed by atoms with Crippen LogP contribution in [-0.4, -0.2) is 48.4 Å². The molecule has 1 aromatic carbocycles. The molecule has 0 aliphatic carbocycles. The Hall–Kier alpha value is -2.21. The van der Waals surface area contributed by atoms with E-state index in [0.29, 0.717) is 19.4 Å². The van der Waals surface area contributed by atoms with Crippen molar-refractivity contribution < 1.29 is 23.9 Å². The molecule has 2 aliphatic rings. The molecule has 3 rings (SSSR count). The number of hydrogen-bond donors (Lipinski definition) is 0. The van der Waals surface area contributed by atoms with E-state index in [4.69, 9.17) is 9.47 Å². The molecule has 2 fully saturated rings. The van der Waals surface area contributed by atoms with Crippen molar-refractivity contribution in [1.82, 2.24) is 4.90 Å². The van der Waals surface area contributed by atoms with Crippen molar-refractivity contribution in [1.29, 1.82) is 0 Å². The number of methoxy groups -OCH3 is 1. The highest BCUT2D eigenvalue weighted by Crippen LogP contribution is 2.48. The van der Waals surface area contributed by atoms with Gasteiger partial charge in [0, 0.05) is 25.0 Å².